The maximum absolute atomic E-state index is 14.0. The molecule has 0 saturated carbocycles. The van der Waals surface area contributed by atoms with Gasteiger partial charge in [0, 0.05) is 5.69 Å². The normalized spacial score (nSPS) is 11.4. The lowest BCUT2D eigenvalue weighted by Crippen LogP contribution is -2.20. The van der Waals surface area contributed by atoms with E-state index in [1.807, 2.05) is 0 Å². The minimum Gasteiger partial charge on any atom is -0.322 e. The van der Waals surface area contributed by atoms with Crippen molar-refractivity contribution in [3.8, 4) is 5.69 Å². The lowest BCUT2D eigenvalue weighted by molar-refractivity contribution is 0.102. The summed E-state index contributed by atoms with van der Waals surface area (Å²) in [6.45, 7) is 3.32. The van der Waals surface area contributed by atoms with Crippen LogP contribution in [0.4, 0.5) is 10.1 Å². The number of hydrogen-bond acceptors (Lipinski definition) is 4. The van der Waals surface area contributed by atoms with Gasteiger partial charge in [0.25, 0.3) is 5.91 Å². The number of para-hydroxylation sites is 1. The number of hydrogen-bond donors (Lipinski definition) is 2. The van der Waals surface area contributed by atoms with E-state index in [-0.39, 0.29) is 16.1 Å². The zero-order chi connectivity index (χ0) is 20.5. The Morgan fingerprint density at radius 1 is 1.14 bits per heavy atom. The van der Waals surface area contributed by atoms with E-state index in [0.29, 0.717) is 16.9 Å². The summed E-state index contributed by atoms with van der Waals surface area (Å²) < 4.78 is 41.8. The first-order valence-electron chi connectivity index (χ1n) is 8.39. The molecule has 1 aromatic heterocycles. The molecule has 0 bridgehead atoms. The van der Waals surface area contributed by atoms with Crippen LogP contribution in [-0.2, 0) is 10.0 Å². The number of carbonyl (C=O) groups excluding carboxylic acids is 1. The smallest absolute Gasteiger partial charge is 0.259 e. The van der Waals surface area contributed by atoms with Gasteiger partial charge in [-0.1, -0.05) is 18.2 Å². The molecule has 2 aromatic carbocycles. The van der Waals surface area contributed by atoms with Crippen molar-refractivity contribution in [2.75, 3.05) is 12.4 Å². The number of carbonyl (C=O) groups is 1. The molecule has 3 rings (SSSR count). The van der Waals surface area contributed by atoms with Crippen LogP contribution in [0.2, 0.25) is 0 Å². The monoisotopic (exact) mass is 402 g/mol. The molecule has 0 atom stereocenters. The van der Waals surface area contributed by atoms with Crippen LogP contribution in [0.1, 0.15) is 21.6 Å². The second-order valence-corrected chi connectivity index (χ2v) is 8.00. The molecule has 0 fully saturated rings. The van der Waals surface area contributed by atoms with E-state index in [9.17, 15) is 17.6 Å². The van der Waals surface area contributed by atoms with E-state index in [0.717, 1.165) is 0 Å². The molecular formula is C19H19FN4O3S. The van der Waals surface area contributed by atoms with Gasteiger partial charge in [-0.2, -0.15) is 5.10 Å². The highest BCUT2D eigenvalue weighted by atomic mass is 32.2. The van der Waals surface area contributed by atoms with Crippen molar-refractivity contribution in [3.63, 3.8) is 0 Å². The minimum absolute atomic E-state index is 0.0755. The number of sulfonamides is 1. The van der Waals surface area contributed by atoms with Crippen molar-refractivity contribution < 1.29 is 17.6 Å². The summed E-state index contributed by atoms with van der Waals surface area (Å²) in [7, 11) is -2.34. The Hall–Kier alpha value is -3.04. The zero-order valence-corrected chi connectivity index (χ0v) is 16.3. The van der Waals surface area contributed by atoms with Gasteiger partial charge in [-0.3, -0.25) is 4.79 Å². The van der Waals surface area contributed by atoms with Crippen LogP contribution in [-0.4, -0.2) is 31.2 Å². The fourth-order valence-electron chi connectivity index (χ4n) is 2.77. The molecular weight excluding hydrogens is 383 g/mol. The fourth-order valence-corrected chi connectivity index (χ4v) is 3.77. The molecule has 7 nitrogen and oxygen atoms in total. The average Bonchev–Trinajstić information content (AvgIpc) is 3.05. The number of benzene rings is 2. The first-order valence-corrected chi connectivity index (χ1v) is 9.88. The number of rotatable bonds is 5. The Morgan fingerprint density at radius 3 is 2.54 bits per heavy atom. The number of nitrogens with zero attached hydrogens (tertiary/aromatic N) is 2. The molecule has 0 aliphatic carbocycles. The molecule has 28 heavy (non-hydrogen) atoms. The van der Waals surface area contributed by atoms with E-state index in [1.165, 1.54) is 30.1 Å². The van der Waals surface area contributed by atoms with Crippen molar-refractivity contribution in [1.82, 2.24) is 14.5 Å². The van der Waals surface area contributed by atoms with E-state index in [2.05, 4.69) is 15.1 Å². The van der Waals surface area contributed by atoms with Crippen LogP contribution in [0.3, 0.4) is 0 Å². The second-order valence-electron chi connectivity index (χ2n) is 6.15. The summed E-state index contributed by atoms with van der Waals surface area (Å²) in [5.74, 6) is -0.933. The largest absolute Gasteiger partial charge is 0.322 e. The minimum atomic E-state index is -3.66. The number of aromatic nitrogens is 2. The van der Waals surface area contributed by atoms with Crippen LogP contribution < -0.4 is 10.0 Å². The van der Waals surface area contributed by atoms with Crippen LogP contribution >= 0.6 is 0 Å². The van der Waals surface area contributed by atoms with Crippen LogP contribution in [0.5, 0.6) is 0 Å². The first kappa shape index (κ1) is 19.7. The molecule has 2 N–H and O–H groups in total. The Morgan fingerprint density at radius 2 is 1.86 bits per heavy atom. The van der Waals surface area contributed by atoms with Crippen molar-refractivity contribution >= 4 is 21.6 Å². The van der Waals surface area contributed by atoms with Gasteiger partial charge in [0.05, 0.1) is 22.3 Å². The maximum Gasteiger partial charge on any atom is 0.259 e. The highest BCUT2D eigenvalue weighted by Crippen LogP contribution is 2.22. The van der Waals surface area contributed by atoms with Gasteiger partial charge in [-0.05, 0) is 50.7 Å². The third kappa shape index (κ3) is 3.67. The molecule has 146 valence electrons. The summed E-state index contributed by atoms with van der Waals surface area (Å²) in [6.07, 6.45) is 1.34. The Labute approximate surface area is 162 Å². The van der Waals surface area contributed by atoms with E-state index < -0.39 is 21.7 Å². The second kappa shape index (κ2) is 7.53. The van der Waals surface area contributed by atoms with Gasteiger partial charge in [0.1, 0.15) is 11.5 Å². The number of amides is 1. The number of aryl methyl sites for hydroxylation is 1. The van der Waals surface area contributed by atoms with Gasteiger partial charge in [-0.25, -0.2) is 22.2 Å². The highest BCUT2D eigenvalue weighted by Gasteiger charge is 2.19. The Kier molecular flexibility index (Phi) is 5.30. The molecule has 0 aliphatic rings. The van der Waals surface area contributed by atoms with Gasteiger partial charge in [0.15, 0.2) is 0 Å². The molecule has 3 aromatic rings. The lowest BCUT2D eigenvalue weighted by atomic mass is 10.2. The van der Waals surface area contributed by atoms with E-state index in [1.54, 1.807) is 44.2 Å². The summed E-state index contributed by atoms with van der Waals surface area (Å²) in [4.78, 5) is 12.7. The molecule has 9 heteroatoms. The predicted molar refractivity (Wildman–Crippen MR) is 104 cm³/mol. The summed E-state index contributed by atoms with van der Waals surface area (Å²) in [5.41, 5.74) is 1.81. The summed E-state index contributed by atoms with van der Waals surface area (Å²) >= 11 is 0. The molecule has 0 unspecified atom stereocenters. The Bertz CT molecular complexity index is 1160. The van der Waals surface area contributed by atoms with Crippen molar-refractivity contribution in [2.24, 2.45) is 0 Å². The van der Waals surface area contributed by atoms with Crippen molar-refractivity contribution in [1.29, 1.82) is 0 Å². The molecule has 1 amide bonds. The van der Waals surface area contributed by atoms with Gasteiger partial charge >= 0.3 is 0 Å². The van der Waals surface area contributed by atoms with Gasteiger partial charge in [-0.15, -0.1) is 0 Å². The standard InChI is InChI=1S/C19H19FN4O3S/c1-12-8-9-14(10-18(12)28(26,27)21-3)23-19(25)15-11-22-24(13(15)2)17-7-5-4-6-16(17)20/h4-11,21H,1-3H3,(H,23,25). The lowest BCUT2D eigenvalue weighted by Gasteiger charge is -2.10. The molecule has 0 spiro atoms. The molecule has 0 radical (unpaired) electrons. The molecule has 0 saturated heterocycles. The van der Waals surface area contributed by atoms with Crippen molar-refractivity contribution in [3.05, 3.63) is 71.3 Å². The maximum atomic E-state index is 14.0. The van der Waals surface area contributed by atoms with Crippen LogP contribution in [0, 0.1) is 19.7 Å². The summed E-state index contributed by atoms with van der Waals surface area (Å²) in [5, 5.41) is 6.77. The number of anilines is 1. The van der Waals surface area contributed by atoms with E-state index >= 15 is 0 Å². The third-order valence-corrected chi connectivity index (χ3v) is 5.90. The third-order valence-electron chi connectivity index (χ3n) is 4.34. The number of halogens is 1. The summed E-state index contributed by atoms with van der Waals surface area (Å²) in [6, 6.07) is 10.7. The average molecular weight is 402 g/mol. The van der Waals surface area contributed by atoms with Crippen molar-refractivity contribution in [2.45, 2.75) is 18.7 Å². The molecule has 1 heterocycles. The quantitative estimate of drug-likeness (QED) is 0.686. The SMILES string of the molecule is CNS(=O)(=O)c1cc(NC(=O)c2cnn(-c3ccccc3F)c2C)ccc1C. The zero-order valence-electron chi connectivity index (χ0n) is 15.5. The van der Waals surface area contributed by atoms with E-state index in [4.69, 9.17) is 0 Å². The topological polar surface area (TPSA) is 93.1 Å². The fraction of sp³-hybridized carbons (Fsp3) is 0.158. The Balaban J connectivity index is 1.91. The van der Waals surface area contributed by atoms with Gasteiger partial charge in [0.2, 0.25) is 10.0 Å². The predicted octanol–water partition coefficient (Wildman–Crippen LogP) is 2.79. The van der Waals surface area contributed by atoms with Crippen LogP contribution in [0.15, 0.2) is 53.6 Å². The first-order chi connectivity index (χ1) is 13.2. The molecule has 0 aliphatic heterocycles. The van der Waals surface area contributed by atoms with Gasteiger partial charge < -0.3 is 5.32 Å². The number of nitrogens with one attached hydrogen (secondary N) is 2. The highest BCUT2D eigenvalue weighted by molar-refractivity contribution is 7.89. The van der Waals surface area contributed by atoms with Crippen LogP contribution in [0.25, 0.3) is 5.69 Å².